The van der Waals surface area contributed by atoms with E-state index in [4.69, 9.17) is 23.7 Å². The number of fused-ring (bicyclic) bond motifs is 5. The van der Waals surface area contributed by atoms with Crippen LogP contribution in [0.4, 0.5) is 22.0 Å². The minimum atomic E-state index is -0.303. The van der Waals surface area contributed by atoms with Crippen LogP contribution in [0.1, 0.15) is 127 Å². The molecule has 31 heteroatoms. The fraction of sp³-hybridized carbons (Fsp3) is 0.119. The molecule has 0 spiro atoms. The van der Waals surface area contributed by atoms with Crippen LogP contribution in [0.2, 0.25) is 0 Å². The number of imidazole rings is 2. The van der Waals surface area contributed by atoms with E-state index in [0.717, 1.165) is 38.9 Å². The Balaban J connectivity index is 0.000000126. The van der Waals surface area contributed by atoms with Crippen LogP contribution >= 0.6 is 0 Å². The van der Waals surface area contributed by atoms with Crippen LogP contribution in [0.25, 0.3) is 28.0 Å². The Morgan fingerprint density at radius 3 is 1.24 bits per heavy atom. The van der Waals surface area contributed by atoms with Gasteiger partial charge in [0, 0.05) is 96.1 Å². The molecule has 0 bridgehead atoms. The van der Waals surface area contributed by atoms with Gasteiger partial charge in [-0.05, 0) is 209 Å². The summed E-state index contributed by atoms with van der Waals surface area (Å²) in [7, 11) is 0. The second-order valence-electron chi connectivity index (χ2n) is 31.8. The van der Waals surface area contributed by atoms with Crippen LogP contribution in [0.5, 0.6) is 28.7 Å². The van der Waals surface area contributed by atoms with E-state index >= 15 is 0 Å². The standard InChI is InChI=1S/C23H19FN2O2.3C22H18FN3O2.C20H16FN5O2/c24-22-7-2-1-5-19(22)15-28-21-6-3-4-17(12-21)8-9-23(27)18-10-11-26-16-25-14-20(26)13-18;23-20-9-2-1-6-17(20)14-28-19-8-3-5-16(11-19)12-25-22(27)21-10-4-7-18-13-24-15-26(18)21;23-20-9-2-1-6-17(20)14-28-18-7-3-5-16(13-18)10-11-21(27)19-8-4-12-26-22(19)24-15-25-26;23-20-7-2-1-5-18(20)14-28-19-6-3-4-16(12-19)8-9-21(27)17-10-11-26-22(13-17)24-15-25-26;21-18-9-2-1-6-15(18)13-28-16-7-3-5-14(11-16)12-22-20(27)17-8-4-10-26-19(17)23-24-25-26/h1-7,10-14,16H,8-9,15H2;1-11,13,15H,12,14H2,(H,25,27);1-9,12-13,15H,10-11,14H2;1-7,10-13,15H,8-9,14H2;1-11H,12-13H2,(H,22,27). The summed E-state index contributed by atoms with van der Waals surface area (Å²) in [4.78, 5) is 79.0. The molecule has 2 N–H and O–H groups in total. The predicted octanol–water partition coefficient (Wildman–Crippen LogP) is 20.1. The van der Waals surface area contributed by atoms with Crippen LogP contribution in [-0.2, 0) is 65.4 Å². The third kappa shape index (κ3) is 26.1. The Bertz CT molecular complexity index is 7090. The summed E-state index contributed by atoms with van der Waals surface area (Å²) in [5.41, 5.74) is 13.3. The topological polar surface area (TPSA) is 294 Å². The van der Waals surface area contributed by atoms with Gasteiger partial charge >= 0.3 is 0 Å². The second kappa shape index (κ2) is 47.2. The minimum absolute atomic E-state index is 0.0104. The molecule has 0 atom stereocenters. The Morgan fingerprint density at radius 2 is 0.736 bits per heavy atom. The molecule has 0 fully saturated rings. The summed E-state index contributed by atoms with van der Waals surface area (Å²) in [5.74, 6) is 1.40. The Kier molecular flexibility index (Phi) is 32.1. The zero-order valence-corrected chi connectivity index (χ0v) is 75.1. The van der Waals surface area contributed by atoms with Crippen molar-refractivity contribution in [3.05, 3.63) is 485 Å². The molecule has 0 aliphatic heterocycles. The molecule has 700 valence electrons. The van der Waals surface area contributed by atoms with Crippen molar-refractivity contribution in [3.8, 4) is 28.7 Å². The highest BCUT2D eigenvalue weighted by atomic mass is 19.1. The quantitative estimate of drug-likeness (QED) is 0.0285. The van der Waals surface area contributed by atoms with Gasteiger partial charge in [0.15, 0.2) is 34.3 Å². The summed E-state index contributed by atoms with van der Waals surface area (Å²) < 4.78 is 105. The van der Waals surface area contributed by atoms with Gasteiger partial charge in [-0.25, -0.2) is 50.9 Å². The molecule has 20 aromatic rings. The average molecular weight is 1880 g/mol. The number of pyridine rings is 5. The summed E-state index contributed by atoms with van der Waals surface area (Å²) in [6.45, 7) is 1.41. The van der Waals surface area contributed by atoms with E-state index in [0.29, 0.717) is 153 Å². The van der Waals surface area contributed by atoms with Crippen LogP contribution in [0.15, 0.2) is 372 Å². The highest BCUT2D eigenvalue weighted by molar-refractivity contribution is 6.02. The van der Waals surface area contributed by atoms with E-state index < -0.39 is 0 Å². The second-order valence-corrected chi connectivity index (χ2v) is 31.8. The van der Waals surface area contributed by atoms with Gasteiger partial charge in [-0.3, -0.25) is 28.4 Å². The number of carbonyl (C=O) groups is 5. The summed E-state index contributed by atoms with van der Waals surface area (Å²) >= 11 is 0. The first-order chi connectivity index (χ1) is 68.5. The molecule has 0 saturated carbocycles. The van der Waals surface area contributed by atoms with Gasteiger partial charge in [-0.15, -0.1) is 5.10 Å². The number of carbonyl (C=O) groups excluding carboxylic acids is 5. The third-order valence-electron chi connectivity index (χ3n) is 22.2. The van der Waals surface area contributed by atoms with E-state index in [-0.39, 0.29) is 91.3 Å². The normalized spacial score (nSPS) is 10.8. The number of amides is 2. The van der Waals surface area contributed by atoms with Crippen molar-refractivity contribution in [1.29, 1.82) is 0 Å². The van der Waals surface area contributed by atoms with Crippen LogP contribution in [0, 0.1) is 29.1 Å². The van der Waals surface area contributed by atoms with Gasteiger partial charge in [-0.1, -0.05) is 158 Å². The van der Waals surface area contributed by atoms with E-state index in [1.165, 1.54) is 47.5 Å². The van der Waals surface area contributed by atoms with Crippen LogP contribution < -0.4 is 34.3 Å². The van der Waals surface area contributed by atoms with E-state index in [1.54, 1.807) is 209 Å². The number of halogens is 5. The first-order valence-electron chi connectivity index (χ1n) is 44.5. The number of tetrazole rings is 1. The maximum absolute atomic E-state index is 13.7. The first kappa shape index (κ1) is 95.1. The summed E-state index contributed by atoms with van der Waals surface area (Å²) in [6, 6.07) is 89.4. The van der Waals surface area contributed by atoms with Crippen LogP contribution in [0.3, 0.4) is 0 Å². The number of benzene rings is 10. The monoisotopic (exact) mass is 1880 g/mol. The fourth-order valence-corrected chi connectivity index (χ4v) is 14.7. The Hall–Kier alpha value is -18.0. The summed E-state index contributed by atoms with van der Waals surface area (Å²) in [6.07, 6.45) is 19.5. The molecular formula is C109H89F5N16O10. The Labute approximate surface area is 799 Å². The zero-order valence-electron chi connectivity index (χ0n) is 75.1. The van der Waals surface area contributed by atoms with Gasteiger partial charge in [0.25, 0.3) is 11.8 Å². The molecule has 20 rings (SSSR count). The maximum atomic E-state index is 13.7. The first-order valence-corrected chi connectivity index (χ1v) is 44.5. The lowest BCUT2D eigenvalue weighted by molar-refractivity contribution is 0.0939. The lowest BCUT2D eigenvalue weighted by Gasteiger charge is -2.10. The number of rotatable bonds is 33. The highest BCUT2D eigenvalue weighted by Crippen LogP contribution is 2.27. The van der Waals surface area contributed by atoms with Crippen molar-refractivity contribution in [2.45, 2.75) is 84.6 Å². The third-order valence-corrected chi connectivity index (χ3v) is 22.2. The van der Waals surface area contributed by atoms with Gasteiger partial charge in [0.05, 0.1) is 47.2 Å². The van der Waals surface area contributed by atoms with Crippen molar-refractivity contribution in [2.24, 2.45) is 0 Å². The number of Topliss-reactive ketones (excluding diaryl/α,β-unsaturated/α-hetero) is 3. The molecule has 0 radical (unpaired) electrons. The van der Waals surface area contributed by atoms with E-state index in [1.807, 2.05) is 138 Å². The van der Waals surface area contributed by atoms with Crippen molar-refractivity contribution in [2.75, 3.05) is 0 Å². The predicted molar refractivity (Wildman–Crippen MR) is 513 cm³/mol. The number of ether oxygens (including phenoxy) is 5. The molecule has 10 aromatic carbocycles. The van der Waals surface area contributed by atoms with Crippen LogP contribution in [-0.4, -0.2) is 97.2 Å². The largest absolute Gasteiger partial charge is 0.489 e. The molecule has 0 unspecified atom stereocenters. The van der Waals surface area contributed by atoms with Gasteiger partial charge in [0.2, 0.25) is 0 Å². The Morgan fingerprint density at radius 1 is 0.329 bits per heavy atom. The number of ketones is 3. The van der Waals surface area contributed by atoms with Gasteiger partial charge in [0.1, 0.15) is 109 Å². The van der Waals surface area contributed by atoms with Crippen molar-refractivity contribution in [1.82, 2.24) is 78.6 Å². The van der Waals surface area contributed by atoms with Gasteiger partial charge < -0.3 is 38.7 Å². The number of nitrogens with one attached hydrogen (secondary N) is 2. The zero-order chi connectivity index (χ0) is 96.7. The molecule has 26 nitrogen and oxygen atoms in total. The maximum Gasteiger partial charge on any atom is 0.268 e. The number of aryl methyl sites for hydroxylation is 3. The van der Waals surface area contributed by atoms with Crippen molar-refractivity contribution in [3.63, 3.8) is 0 Å². The molecule has 0 aliphatic carbocycles. The molecular weight excluding hydrogens is 1790 g/mol. The molecule has 2 amide bonds. The number of hydrogen-bond acceptors (Lipinski definition) is 19. The lowest BCUT2D eigenvalue weighted by Crippen LogP contribution is -2.24. The van der Waals surface area contributed by atoms with E-state index in [2.05, 4.69) is 56.3 Å². The van der Waals surface area contributed by atoms with Crippen molar-refractivity contribution < 1.29 is 69.6 Å². The molecule has 10 heterocycles. The minimum Gasteiger partial charge on any atom is -0.489 e. The van der Waals surface area contributed by atoms with Gasteiger partial charge in [-0.2, -0.15) is 14.7 Å². The lowest BCUT2D eigenvalue weighted by atomic mass is 10.0. The number of aromatic nitrogens is 14. The average Bonchev–Trinajstić information content (AvgIpc) is 1.67. The number of hydrogen-bond donors (Lipinski definition) is 2. The number of nitrogens with zero attached hydrogens (tertiary/aromatic N) is 14. The summed E-state index contributed by atoms with van der Waals surface area (Å²) in [5, 5.41) is 25.0. The van der Waals surface area contributed by atoms with Crippen molar-refractivity contribution >= 4 is 57.1 Å². The SMILES string of the molecule is O=C(CCc1cccc(OCc2ccccc2F)c1)c1cccn2ncnc12.O=C(CCc1cccc(OCc2ccccc2F)c1)c1ccn2cncc2c1.O=C(CCc1cccc(OCc2ccccc2F)c1)c1ccn2ncnc2c1.O=C(NCc1cccc(OCc2ccccc2F)c1)c1cccc2cncn12.O=C(NCc1cccc(OCc2ccccc2F)c1)c1cccn2nnnc12. The molecule has 0 aliphatic rings. The van der Waals surface area contributed by atoms with E-state index in [9.17, 15) is 45.9 Å². The smallest absolute Gasteiger partial charge is 0.268 e. The molecule has 10 aromatic heterocycles. The fourth-order valence-electron chi connectivity index (χ4n) is 14.7. The molecule has 140 heavy (non-hydrogen) atoms. The molecule has 0 saturated heterocycles. The highest BCUT2D eigenvalue weighted by Gasteiger charge is 2.19.